The molecule has 2 bridgehead atoms. The maximum atomic E-state index is 12.9. The van der Waals surface area contributed by atoms with Gasteiger partial charge in [0, 0.05) is 13.1 Å². The number of hydrogen-bond donors (Lipinski definition) is 1. The van der Waals surface area contributed by atoms with Crippen LogP contribution in [0, 0.1) is 18.3 Å². The van der Waals surface area contributed by atoms with Crippen LogP contribution in [0.4, 0.5) is 0 Å². The minimum atomic E-state index is -0.291. The number of carbonyl (C=O) groups excluding carboxylic acids is 1. The summed E-state index contributed by atoms with van der Waals surface area (Å²) in [5, 5.41) is 0. The van der Waals surface area contributed by atoms with Crippen molar-refractivity contribution in [2.45, 2.75) is 58.2 Å². The van der Waals surface area contributed by atoms with Crippen LogP contribution < -0.4 is 5.73 Å². The molecule has 0 spiro atoms. The van der Waals surface area contributed by atoms with Crippen molar-refractivity contribution in [2.24, 2.45) is 17.1 Å². The second-order valence-electron chi connectivity index (χ2n) is 7.45. The van der Waals surface area contributed by atoms with Crippen molar-refractivity contribution in [1.29, 1.82) is 0 Å². The highest BCUT2D eigenvalue weighted by Crippen LogP contribution is 2.55. The Kier molecular flexibility index (Phi) is 2.90. The van der Waals surface area contributed by atoms with E-state index in [2.05, 4.69) is 25.1 Å². The van der Waals surface area contributed by atoms with Gasteiger partial charge in [-0.25, -0.2) is 0 Å². The van der Waals surface area contributed by atoms with Crippen molar-refractivity contribution in [3.8, 4) is 0 Å². The molecule has 1 aromatic rings. The lowest BCUT2D eigenvalue weighted by Crippen LogP contribution is -2.50. The van der Waals surface area contributed by atoms with E-state index < -0.39 is 0 Å². The van der Waals surface area contributed by atoms with Gasteiger partial charge in [-0.3, -0.25) is 4.79 Å². The van der Waals surface area contributed by atoms with Gasteiger partial charge < -0.3 is 10.6 Å². The zero-order valence-corrected chi connectivity index (χ0v) is 12.8. The van der Waals surface area contributed by atoms with Gasteiger partial charge in [0.05, 0.1) is 6.04 Å². The first-order valence-corrected chi connectivity index (χ1v) is 8.20. The predicted molar refractivity (Wildman–Crippen MR) is 82.4 cm³/mol. The number of nitrogens with zero attached hydrogens (tertiary/aromatic N) is 1. The molecular formula is C18H24N2O. The smallest absolute Gasteiger partial charge is 0.240 e. The average molecular weight is 284 g/mol. The first-order valence-electron chi connectivity index (χ1n) is 8.20. The lowest BCUT2D eigenvalue weighted by molar-refractivity contribution is -0.136. The topological polar surface area (TPSA) is 46.3 Å². The molecule has 1 atom stereocenters. The van der Waals surface area contributed by atoms with Crippen LogP contribution in [0.5, 0.6) is 0 Å². The standard InChI is InChI=1S/C18H24N2O/c1-12-2-3-14-10-20(11-15(14)8-12)17(21)16(19)18-6-4-13(9-18)5-7-18/h2-3,8,13,16H,4-7,9-11,19H2,1H3/t13?,16-,18?/m1/s1. The third-order valence-corrected chi connectivity index (χ3v) is 6.12. The molecule has 112 valence electrons. The normalized spacial score (nSPS) is 31.5. The summed E-state index contributed by atoms with van der Waals surface area (Å²) in [5.74, 6) is 1.01. The quantitative estimate of drug-likeness (QED) is 0.907. The summed E-state index contributed by atoms with van der Waals surface area (Å²) in [5.41, 5.74) is 10.4. The monoisotopic (exact) mass is 284 g/mol. The Hall–Kier alpha value is -1.35. The molecule has 3 nitrogen and oxygen atoms in total. The summed E-state index contributed by atoms with van der Waals surface area (Å²) in [6, 6.07) is 6.20. The molecule has 21 heavy (non-hydrogen) atoms. The van der Waals surface area contributed by atoms with Gasteiger partial charge in [-0.15, -0.1) is 0 Å². The number of nitrogens with two attached hydrogens (primary N) is 1. The van der Waals surface area contributed by atoms with Gasteiger partial charge in [-0.05, 0) is 61.5 Å². The van der Waals surface area contributed by atoms with Crippen molar-refractivity contribution in [3.63, 3.8) is 0 Å². The summed E-state index contributed by atoms with van der Waals surface area (Å²) in [7, 11) is 0. The third-order valence-electron chi connectivity index (χ3n) is 6.12. The maximum absolute atomic E-state index is 12.9. The van der Waals surface area contributed by atoms with Crippen LogP contribution in [-0.4, -0.2) is 16.8 Å². The van der Waals surface area contributed by atoms with E-state index in [4.69, 9.17) is 5.73 Å². The molecular weight excluding hydrogens is 260 g/mol. The third kappa shape index (κ3) is 2.02. The van der Waals surface area contributed by atoms with E-state index in [0.29, 0.717) is 0 Å². The highest BCUT2D eigenvalue weighted by Gasteiger charge is 2.51. The van der Waals surface area contributed by atoms with Crippen molar-refractivity contribution >= 4 is 5.91 Å². The fourth-order valence-electron chi connectivity index (χ4n) is 4.81. The van der Waals surface area contributed by atoms with Crippen LogP contribution in [0.3, 0.4) is 0 Å². The van der Waals surface area contributed by atoms with Crippen molar-refractivity contribution < 1.29 is 4.79 Å². The van der Waals surface area contributed by atoms with Crippen LogP contribution in [0.25, 0.3) is 0 Å². The van der Waals surface area contributed by atoms with E-state index in [1.165, 1.54) is 36.0 Å². The summed E-state index contributed by atoms with van der Waals surface area (Å²) >= 11 is 0. The Balaban J connectivity index is 1.52. The van der Waals surface area contributed by atoms with Gasteiger partial charge in [-0.2, -0.15) is 0 Å². The number of hydrogen-bond acceptors (Lipinski definition) is 2. The number of carbonyl (C=O) groups is 1. The van der Waals surface area contributed by atoms with Crippen molar-refractivity contribution in [1.82, 2.24) is 4.90 Å². The summed E-state index contributed by atoms with van der Waals surface area (Å²) in [4.78, 5) is 14.8. The molecule has 1 aliphatic heterocycles. The second kappa shape index (κ2) is 4.57. The van der Waals surface area contributed by atoms with Crippen LogP contribution in [-0.2, 0) is 17.9 Å². The van der Waals surface area contributed by atoms with E-state index in [-0.39, 0.29) is 17.4 Å². The van der Waals surface area contributed by atoms with E-state index in [1.807, 2.05) is 4.90 Å². The fraction of sp³-hybridized carbons (Fsp3) is 0.611. The molecule has 0 radical (unpaired) electrons. The second-order valence-corrected chi connectivity index (χ2v) is 7.45. The predicted octanol–water partition coefficient (Wildman–Crippen LogP) is 2.74. The molecule has 1 heterocycles. The van der Waals surface area contributed by atoms with E-state index in [1.54, 1.807) is 0 Å². The van der Waals surface area contributed by atoms with Crippen LogP contribution in [0.1, 0.15) is 48.8 Å². The number of amides is 1. The lowest BCUT2D eigenvalue weighted by Gasteiger charge is -2.34. The highest BCUT2D eigenvalue weighted by molar-refractivity contribution is 5.83. The number of fused-ring (bicyclic) bond motifs is 3. The van der Waals surface area contributed by atoms with Crippen molar-refractivity contribution in [3.05, 3.63) is 34.9 Å². The molecule has 4 rings (SSSR count). The van der Waals surface area contributed by atoms with Gasteiger partial charge in [0.1, 0.15) is 0 Å². The van der Waals surface area contributed by atoms with Crippen LogP contribution >= 0.6 is 0 Å². The molecule has 0 saturated heterocycles. The number of rotatable bonds is 2. The molecule has 2 N–H and O–H groups in total. The minimum Gasteiger partial charge on any atom is -0.333 e. The Labute approximate surface area is 126 Å². The lowest BCUT2D eigenvalue weighted by atomic mass is 9.77. The fourth-order valence-corrected chi connectivity index (χ4v) is 4.81. The number of aryl methyl sites for hydroxylation is 1. The minimum absolute atomic E-state index is 0.118. The van der Waals surface area contributed by atoms with Crippen LogP contribution in [0.15, 0.2) is 18.2 Å². The maximum Gasteiger partial charge on any atom is 0.240 e. The average Bonchev–Trinajstić information content (AvgIpc) is 3.19. The molecule has 0 aromatic heterocycles. The summed E-state index contributed by atoms with van der Waals surface area (Å²) in [6.07, 6.45) is 6.05. The number of benzene rings is 1. The Morgan fingerprint density at radius 1 is 1.29 bits per heavy atom. The molecule has 3 aliphatic rings. The van der Waals surface area contributed by atoms with Gasteiger partial charge in [0.25, 0.3) is 0 Å². The van der Waals surface area contributed by atoms with E-state index in [9.17, 15) is 4.79 Å². The summed E-state index contributed by atoms with van der Waals surface area (Å²) in [6.45, 7) is 3.58. The molecule has 3 heteroatoms. The molecule has 2 aliphatic carbocycles. The molecule has 0 unspecified atom stereocenters. The molecule has 2 fully saturated rings. The zero-order valence-electron chi connectivity index (χ0n) is 12.8. The Morgan fingerprint density at radius 3 is 2.67 bits per heavy atom. The first-order chi connectivity index (χ1) is 10.1. The highest BCUT2D eigenvalue weighted by atomic mass is 16.2. The van der Waals surface area contributed by atoms with Gasteiger partial charge >= 0.3 is 0 Å². The molecule has 1 aromatic carbocycles. The largest absolute Gasteiger partial charge is 0.333 e. The SMILES string of the molecule is Cc1ccc2c(c1)CN(C(=O)[C@@H](N)C13CCC(CC1)C3)C2. The molecule has 2 saturated carbocycles. The first kappa shape index (κ1) is 13.3. The summed E-state index contributed by atoms with van der Waals surface area (Å²) < 4.78 is 0. The zero-order chi connectivity index (χ0) is 14.6. The van der Waals surface area contributed by atoms with Gasteiger partial charge in [0.2, 0.25) is 5.91 Å². The van der Waals surface area contributed by atoms with Crippen LogP contribution in [0.2, 0.25) is 0 Å². The van der Waals surface area contributed by atoms with E-state index in [0.717, 1.165) is 31.8 Å². The van der Waals surface area contributed by atoms with Gasteiger partial charge in [-0.1, -0.05) is 23.8 Å². The Bertz CT molecular complexity index is 587. The van der Waals surface area contributed by atoms with Gasteiger partial charge in [0.15, 0.2) is 0 Å². The molecule has 1 amide bonds. The van der Waals surface area contributed by atoms with E-state index >= 15 is 0 Å². The van der Waals surface area contributed by atoms with Crippen molar-refractivity contribution in [2.75, 3.05) is 0 Å². The Morgan fingerprint density at radius 2 is 2.00 bits per heavy atom.